The Morgan fingerprint density at radius 1 is 1.27 bits per heavy atom. The zero-order valence-electron chi connectivity index (χ0n) is 10.2. The normalized spacial score (nSPS) is 33.4. The minimum atomic E-state index is 0.848. The topological polar surface area (TPSA) is 15.3 Å². The minimum absolute atomic E-state index is 0.848. The van der Waals surface area contributed by atoms with Crippen molar-refractivity contribution in [3.8, 4) is 0 Å². The van der Waals surface area contributed by atoms with Crippen LogP contribution in [0.5, 0.6) is 0 Å². The van der Waals surface area contributed by atoms with Gasteiger partial charge in [0.25, 0.3) is 0 Å². The number of nitrogens with one attached hydrogen (secondary N) is 1. The van der Waals surface area contributed by atoms with Crippen molar-refractivity contribution in [3.05, 3.63) is 0 Å². The van der Waals surface area contributed by atoms with Crippen molar-refractivity contribution in [2.45, 2.75) is 51.5 Å². The first kappa shape index (κ1) is 11.4. The summed E-state index contributed by atoms with van der Waals surface area (Å²) in [6.45, 7) is 7.62. The second-order valence-electron chi connectivity index (χ2n) is 5.38. The Hall–Kier alpha value is -0.0800. The van der Waals surface area contributed by atoms with Crippen LogP contribution in [0.3, 0.4) is 0 Å². The van der Waals surface area contributed by atoms with Crippen LogP contribution in [-0.2, 0) is 0 Å². The summed E-state index contributed by atoms with van der Waals surface area (Å²) in [5.41, 5.74) is 0. The number of nitrogens with zero attached hydrogens (tertiary/aromatic N) is 1. The summed E-state index contributed by atoms with van der Waals surface area (Å²) in [5, 5.41) is 3.46. The highest BCUT2D eigenvalue weighted by Crippen LogP contribution is 2.19. The average Bonchev–Trinajstić information content (AvgIpc) is 2.74. The maximum Gasteiger partial charge on any atom is 0.00669 e. The standard InChI is InChI=1S/C13H26N2/c1-12-5-2-3-9-15(12)10-4-6-13-7-8-14-11-13/h12-14H,2-11H2,1H3. The molecule has 2 nitrogen and oxygen atoms in total. The van der Waals surface area contributed by atoms with Crippen molar-refractivity contribution in [1.29, 1.82) is 0 Å². The molecule has 15 heavy (non-hydrogen) atoms. The molecule has 0 bridgehead atoms. The molecule has 2 heterocycles. The van der Waals surface area contributed by atoms with Crippen molar-refractivity contribution < 1.29 is 0 Å². The maximum absolute atomic E-state index is 3.46. The van der Waals surface area contributed by atoms with Crippen LogP contribution in [0.25, 0.3) is 0 Å². The van der Waals surface area contributed by atoms with E-state index in [-0.39, 0.29) is 0 Å². The quantitative estimate of drug-likeness (QED) is 0.765. The van der Waals surface area contributed by atoms with Crippen molar-refractivity contribution in [3.63, 3.8) is 0 Å². The molecule has 1 N–H and O–H groups in total. The summed E-state index contributed by atoms with van der Waals surface area (Å²) in [6.07, 6.45) is 8.56. The van der Waals surface area contributed by atoms with E-state index >= 15 is 0 Å². The molecule has 2 fully saturated rings. The molecule has 2 rings (SSSR count). The van der Waals surface area contributed by atoms with E-state index in [0.717, 1.165) is 12.0 Å². The van der Waals surface area contributed by atoms with Gasteiger partial charge in [-0.05, 0) is 71.1 Å². The molecular formula is C13H26N2. The molecular weight excluding hydrogens is 184 g/mol. The average molecular weight is 210 g/mol. The lowest BCUT2D eigenvalue weighted by atomic mass is 10.00. The largest absolute Gasteiger partial charge is 0.316 e. The molecule has 2 heteroatoms. The lowest BCUT2D eigenvalue weighted by molar-refractivity contribution is 0.155. The van der Waals surface area contributed by atoms with E-state index in [1.54, 1.807) is 0 Å². The van der Waals surface area contributed by atoms with Crippen LogP contribution in [-0.4, -0.2) is 37.1 Å². The smallest absolute Gasteiger partial charge is 0.00669 e. The lowest BCUT2D eigenvalue weighted by Gasteiger charge is -2.33. The number of hydrogen-bond donors (Lipinski definition) is 1. The monoisotopic (exact) mass is 210 g/mol. The molecule has 2 saturated heterocycles. The molecule has 0 saturated carbocycles. The first-order valence-corrected chi connectivity index (χ1v) is 6.81. The number of rotatable bonds is 4. The Bertz CT molecular complexity index is 175. The molecule has 0 spiro atoms. The van der Waals surface area contributed by atoms with Gasteiger partial charge in [0.15, 0.2) is 0 Å². The third-order valence-electron chi connectivity index (χ3n) is 4.16. The van der Waals surface area contributed by atoms with Gasteiger partial charge in [-0.25, -0.2) is 0 Å². The van der Waals surface area contributed by atoms with Gasteiger partial charge in [-0.1, -0.05) is 6.42 Å². The fourth-order valence-corrected chi connectivity index (χ4v) is 3.03. The van der Waals surface area contributed by atoms with Gasteiger partial charge < -0.3 is 10.2 Å². The fourth-order valence-electron chi connectivity index (χ4n) is 3.03. The summed E-state index contributed by atoms with van der Waals surface area (Å²) in [6, 6.07) is 0.848. The molecule has 2 atom stereocenters. The Morgan fingerprint density at radius 3 is 2.93 bits per heavy atom. The van der Waals surface area contributed by atoms with E-state index in [1.807, 2.05) is 0 Å². The van der Waals surface area contributed by atoms with E-state index in [1.165, 1.54) is 64.7 Å². The van der Waals surface area contributed by atoms with Gasteiger partial charge in [-0.15, -0.1) is 0 Å². The van der Waals surface area contributed by atoms with Gasteiger partial charge in [0.1, 0.15) is 0 Å². The highest BCUT2D eigenvalue weighted by molar-refractivity contribution is 4.75. The number of likely N-dealkylation sites (tertiary alicyclic amines) is 1. The van der Waals surface area contributed by atoms with Crippen LogP contribution < -0.4 is 5.32 Å². The van der Waals surface area contributed by atoms with Crippen molar-refractivity contribution in [2.75, 3.05) is 26.2 Å². The first-order chi connectivity index (χ1) is 7.36. The number of hydrogen-bond acceptors (Lipinski definition) is 2. The van der Waals surface area contributed by atoms with E-state index < -0.39 is 0 Å². The van der Waals surface area contributed by atoms with E-state index in [9.17, 15) is 0 Å². The molecule has 0 aliphatic carbocycles. The van der Waals surface area contributed by atoms with Gasteiger partial charge >= 0.3 is 0 Å². The third-order valence-corrected chi connectivity index (χ3v) is 4.16. The summed E-state index contributed by atoms with van der Waals surface area (Å²) in [7, 11) is 0. The predicted octanol–water partition coefficient (Wildman–Crippen LogP) is 2.25. The summed E-state index contributed by atoms with van der Waals surface area (Å²) >= 11 is 0. The first-order valence-electron chi connectivity index (χ1n) is 6.81. The molecule has 0 amide bonds. The maximum atomic E-state index is 3.46. The van der Waals surface area contributed by atoms with Gasteiger partial charge in [0, 0.05) is 6.04 Å². The minimum Gasteiger partial charge on any atom is -0.316 e. The highest BCUT2D eigenvalue weighted by atomic mass is 15.1. The van der Waals surface area contributed by atoms with Gasteiger partial charge in [0.05, 0.1) is 0 Å². The van der Waals surface area contributed by atoms with Crippen LogP contribution >= 0.6 is 0 Å². The lowest BCUT2D eigenvalue weighted by Crippen LogP contribution is -2.38. The van der Waals surface area contributed by atoms with E-state index in [0.29, 0.717) is 0 Å². The van der Waals surface area contributed by atoms with Crippen LogP contribution in [0.4, 0.5) is 0 Å². The highest BCUT2D eigenvalue weighted by Gasteiger charge is 2.19. The second kappa shape index (κ2) is 5.86. The molecule has 0 radical (unpaired) electrons. The molecule has 2 aliphatic rings. The summed E-state index contributed by atoms with van der Waals surface area (Å²) in [5.74, 6) is 0.977. The van der Waals surface area contributed by atoms with Crippen LogP contribution in [0.15, 0.2) is 0 Å². The van der Waals surface area contributed by atoms with Crippen LogP contribution in [0, 0.1) is 5.92 Å². The van der Waals surface area contributed by atoms with Gasteiger partial charge in [-0.2, -0.15) is 0 Å². The van der Waals surface area contributed by atoms with E-state index in [2.05, 4.69) is 17.1 Å². The van der Waals surface area contributed by atoms with Crippen LogP contribution in [0.1, 0.15) is 45.4 Å². The Morgan fingerprint density at radius 2 is 2.20 bits per heavy atom. The second-order valence-corrected chi connectivity index (χ2v) is 5.38. The Labute approximate surface area is 94.4 Å². The van der Waals surface area contributed by atoms with E-state index in [4.69, 9.17) is 0 Å². The van der Waals surface area contributed by atoms with Crippen molar-refractivity contribution in [1.82, 2.24) is 10.2 Å². The van der Waals surface area contributed by atoms with Crippen molar-refractivity contribution >= 4 is 0 Å². The van der Waals surface area contributed by atoms with Gasteiger partial charge in [0.2, 0.25) is 0 Å². The van der Waals surface area contributed by atoms with Crippen LogP contribution in [0.2, 0.25) is 0 Å². The summed E-state index contributed by atoms with van der Waals surface area (Å²) in [4.78, 5) is 2.70. The molecule has 0 aromatic heterocycles. The third kappa shape index (κ3) is 3.46. The SMILES string of the molecule is CC1CCCCN1CCCC1CCNC1. The van der Waals surface area contributed by atoms with Crippen molar-refractivity contribution in [2.24, 2.45) is 5.92 Å². The van der Waals surface area contributed by atoms with Gasteiger partial charge in [-0.3, -0.25) is 0 Å². The molecule has 0 aromatic carbocycles. The molecule has 2 aliphatic heterocycles. The molecule has 0 aromatic rings. The Balaban J connectivity index is 1.59. The molecule has 88 valence electrons. The summed E-state index contributed by atoms with van der Waals surface area (Å²) < 4.78 is 0. The fraction of sp³-hybridized carbons (Fsp3) is 1.00. The Kier molecular flexibility index (Phi) is 4.45. The zero-order chi connectivity index (χ0) is 10.5. The zero-order valence-corrected chi connectivity index (χ0v) is 10.2. The predicted molar refractivity (Wildman–Crippen MR) is 65.1 cm³/mol. The number of piperidine rings is 1. The molecule has 2 unspecified atom stereocenters.